The minimum absolute atomic E-state index is 0.158. The number of amides is 1. The molecule has 0 radical (unpaired) electrons. The van der Waals surface area contributed by atoms with Gasteiger partial charge in [-0.15, -0.1) is 0 Å². The molecule has 0 saturated carbocycles. The van der Waals surface area contributed by atoms with E-state index in [0.29, 0.717) is 5.69 Å². The average Bonchev–Trinajstić information content (AvgIpc) is 2.30. The minimum atomic E-state index is -0.547. The zero-order chi connectivity index (χ0) is 12.8. The number of benzene rings is 1. The lowest BCUT2D eigenvalue weighted by atomic mass is 10.1. The Balaban J connectivity index is 3.21. The lowest BCUT2D eigenvalue weighted by Gasteiger charge is -2.07. The van der Waals surface area contributed by atoms with E-state index in [9.17, 15) is 9.59 Å². The van der Waals surface area contributed by atoms with Gasteiger partial charge in [0.1, 0.15) is 0 Å². The molecule has 0 aromatic heterocycles. The molecule has 0 unspecified atom stereocenters. The molecular formula is C10H10N4O3. The highest BCUT2D eigenvalue weighted by Gasteiger charge is 2.09. The number of hydrogen-bond donors (Lipinski definition) is 1. The summed E-state index contributed by atoms with van der Waals surface area (Å²) in [6, 6.07) is 4.28. The van der Waals surface area contributed by atoms with E-state index in [1.165, 1.54) is 32.2 Å². The molecular weight excluding hydrogens is 224 g/mol. The molecule has 88 valence electrons. The van der Waals surface area contributed by atoms with E-state index in [1.54, 1.807) is 0 Å². The van der Waals surface area contributed by atoms with Crippen LogP contribution < -0.4 is 5.32 Å². The summed E-state index contributed by atoms with van der Waals surface area (Å²) in [6.07, 6.45) is 0. The predicted octanol–water partition coefficient (Wildman–Crippen LogP) is 2.37. The Labute approximate surface area is 97.0 Å². The summed E-state index contributed by atoms with van der Waals surface area (Å²) in [6.45, 7) is 1.33. The highest BCUT2D eigenvalue weighted by atomic mass is 16.5. The van der Waals surface area contributed by atoms with Crippen molar-refractivity contribution < 1.29 is 14.3 Å². The van der Waals surface area contributed by atoms with Crippen molar-refractivity contribution in [2.24, 2.45) is 5.11 Å². The highest BCUT2D eigenvalue weighted by Crippen LogP contribution is 2.26. The van der Waals surface area contributed by atoms with Crippen LogP contribution in [-0.2, 0) is 9.53 Å². The maximum atomic E-state index is 11.3. The molecule has 0 aliphatic rings. The van der Waals surface area contributed by atoms with Gasteiger partial charge < -0.3 is 10.1 Å². The summed E-state index contributed by atoms with van der Waals surface area (Å²) >= 11 is 0. The number of carbonyl (C=O) groups is 2. The number of esters is 1. The van der Waals surface area contributed by atoms with Gasteiger partial charge in [-0.1, -0.05) is 5.11 Å². The van der Waals surface area contributed by atoms with Crippen molar-refractivity contribution in [1.82, 2.24) is 0 Å². The number of azide groups is 1. The molecule has 0 heterocycles. The number of rotatable bonds is 3. The van der Waals surface area contributed by atoms with Crippen LogP contribution in [-0.4, -0.2) is 19.0 Å². The molecule has 1 amide bonds. The fourth-order valence-electron chi connectivity index (χ4n) is 1.20. The summed E-state index contributed by atoms with van der Waals surface area (Å²) in [7, 11) is 1.25. The van der Waals surface area contributed by atoms with E-state index >= 15 is 0 Å². The van der Waals surface area contributed by atoms with Crippen LogP contribution in [0.5, 0.6) is 0 Å². The van der Waals surface area contributed by atoms with Crippen molar-refractivity contribution in [3.8, 4) is 0 Å². The summed E-state index contributed by atoms with van der Waals surface area (Å²) in [5, 5.41) is 5.88. The number of ether oxygens (including phenoxy) is 1. The topological polar surface area (TPSA) is 104 Å². The first-order valence-corrected chi connectivity index (χ1v) is 4.63. The molecule has 0 aliphatic carbocycles. The van der Waals surface area contributed by atoms with Crippen LogP contribution in [0.1, 0.15) is 17.3 Å². The van der Waals surface area contributed by atoms with Gasteiger partial charge in [0, 0.05) is 11.8 Å². The SMILES string of the molecule is COC(=O)c1ccc(NC(C)=O)c(N=[N+]=[N-])c1. The van der Waals surface area contributed by atoms with Crippen molar-refractivity contribution >= 4 is 23.3 Å². The molecule has 1 N–H and O–H groups in total. The molecule has 0 fully saturated rings. The second kappa shape index (κ2) is 5.53. The van der Waals surface area contributed by atoms with Crippen molar-refractivity contribution in [3.05, 3.63) is 34.2 Å². The van der Waals surface area contributed by atoms with Gasteiger partial charge in [0.15, 0.2) is 0 Å². The Morgan fingerprint density at radius 3 is 2.71 bits per heavy atom. The predicted molar refractivity (Wildman–Crippen MR) is 60.9 cm³/mol. The summed E-state index contributed by atoms with van der Waals surface area (Å²) in [4.78, 5) is 24.8. The van der Waals surface area contributed by atoms with E-state index in [0.717, 1.165) is 0 Å². The van der Waals surface area contributed by atoms with Crippen LogP contribution in [0.4, 0.5) is 11.4 Å². The third kappa shape index (κ3) is 3.22. The molecule has 0 saturated heterocycles. The van der Waals surface area contributed by atoms with Gasteiger partial charge in [0.2, 0.25) is 5.91 Å². The zero-order valence-corrected chi connectivity index (χ0v) is 9.30. The second-order valence-corrected chi connectivity index (χ2v) is 3.09. The molecule has 0 atom stereocenters. The number of nitrogens with one attached hydrogen (secondary N) is 1. The van der Waals surface area contributed by atoms with Gasteiger partial charge in [-0.05, 0) is 23.7 Å². The third-order valence-electron chi connectivity index (χ3n) is 1.88. The molecule has 0 aliphatic heterocycles. The molecule has 17 heavy (non-hydrogen) atoms. The van der Waals surface area contributed by atoms with Gasteiger partial charge in [0.05, 0.1) is 24.0 Å². The molecule has 1 rings (SSSR count). The van der Waals surface area contributed by atoms with Gasteiger partial charge in [-0.3, -0.25) is 4.79 Å². The Bertz CT molecular complexity index is 506. The van der Waals surface area contributed by atoms with E-state index in [-0.39, 0.29) is 17.2 Å². The zero-order valence-electron chi connectivity index (χ0n) is 9.30. The first-order valence-electron chi connectivity index (χ1n) is 4.63. The Morgan fingerprint density at radius 1 is 1.47 bits per heavy atom. The number of anilines is 1. The standard InChI is InChI=1S/C10H10N4O3/c1-6(15)12-8-4-3-7(10(16)17-2)5-9(8)13-14-11/h3-5H,1-2H3,(H,12,15). The van der Waals surface area contributed by atoms with E-state index in [4.69, 9.17) is 5.53 Å². The Kier molecular flexibility index (Phi) is 4.08. The van der Waals surface area contributed by atoms with Crippen LogP contribution >= 0.6 is 0 Å². The monoisotopic (exact) mass is 234 g/mol. The summed E-state index contributed by atoms with van der Waals surface area (Å²) < 4.78 is 4.53. The van der Waals surface area contributed by atoms with Crippen LogP contribution in [0.25, 0.3) is 10.4 Å². The smallest absolute Gasteiger partial charge is 0.337 e. The largest absolute Gasteiger partial charge is 0.465 e. The fourth-order valence-corrected chi connectivity index (χ4v) is 1.20. The normalized spacial score (nSPS) is 9.06. The maximum Gasteiger partial charge on any atom is 0.337 e. The number of carbonyl (C=O) groups excluding carboxylic acids is 2. The maximum absolute atomic E-state index is 11.3. The van der Waals surface area contributed by atoms with Gasteiger partial charge in [0.25, 0.3) is 0 Å². The highest BCUT2D eigenvalue weighted by molar-refractivity contribution is 5.95. The molecule has 7 nitrogen and oxygen atoms in total. The van der Waals surface area contributed by atoms with Crippen LogP contribution in [0.2, 0.25) is 0 Å². The van der Waals surface area contributed by atoms with Gasteiger partial charge in [-0.2, -0.15) is 0 Å². The molecule has 7 heteroatoms. The van der Waals surface area contributed by atoms with Crippen LogP contribution in [0.3, 0.4) is 0 Å². The van der Waals surface area contributed by atoms with E-state index < -0.39 is 5.97 Å². The quantitative estimate of drug-likeness (QED) is 0.375. The molecule has 1 aromatic rings. The van der Waals surface area contributed by atoms with Gasteiger partial charge in [-0.25, -0.2) is 4.79 Å². The van der Waals surface area contributed by atoms with E-state index in [1.807, 2.05) is 0 Å². The molecule has 0 bridgehead atoms. The summed E-state index contributed by atoms with van der Waals surface area (Å²) in [5.41, 5.74) is 9.13. The average molecular weight is 234 g/mol. The fraction of sp³-hybridized carbons (Fsp3) is 0.200. The molecule has 0 spiro atoms. The van der Waals surface area contributed by atoms with Gasteiger partial charge >= 0.3 is 5.97 Å². The third-order valence-corrected chi connectivity index (χ3v) is 1.88. The lowest BCUT2D eigenvalue weighted by molar-refractivity contribution is -0.114. The Morgan fingerprint density at radius 2 is 2.18 bits per heavy atom. The van der Waals surface area contributed by atoms with E-state index in [2.05, 4.69) is 20.1 Å². The van der Waals surface area contributed by atoms with Crippen molar-refractivity contribution in [3.63, 3.8) is 0 Å². The second-order valence-electron chi connectivity index (χ2n) is 3.09. The van der Waals surface area contributed by atoms with Crippen LogP contribution in [0.15, 0.2) is 23.3 Å². The van der Waals surface area contributed by atoms with Crippen molar-refractivity contribution in [2.75, 3.05) is 12.4 Å². The first kappa shape index (κ1) is 12.5. The Hall–Kier alpha value is -2.53. The first-order chi connectivity index (χ1) is 8.08. The number of methoxy groups -OCH3 is 1. The summed E-state index contributed by atoms with van der Waals surface area (Å²) in [5.74, 6) is -0.848. The van der Waals surface area contributed by atoms with Crippen molar-refractivity contribution in [2.45, 2.75) is 6.92 Å². The number of hydrogen-bond acceptors (Lipinski definition) is 4. The van der Waals surface area contributed by atoms with Crippen molar-refractivity contribution in [1.29, 1.82) is 0 Å². The lowest BCUT2D eigenvalue weighted by Crippen LogP contribution is -2.07. The molecule has 1 aromatic carbocycles. The minimum Gasteiger partial charge on any atom is -0.465 e. The van der Waals surface area contributed by atoms with Crippen LogP contribution in [0, 0.1) is 0 Å². The number of nitrogens with zero attached hydrogens (tertiary/aromatic N) is 3.